The molecule has 1 heterocycles. The van der Waals surface area contributed by atoms with E-state index in [0.29, 0.717) is 28.8 Å². The number of halogens is 1. The largest absolute Gasteiger partial charge is 0.489 e. The van der Waals surface area contributed by atoms with Crippen molar-refractivity contribution in [1.82, 2.24) is 4.98 Å². The van der Waals surface area contributed by atoms with E-state index in [4.69, 9.17) is 27.3 Å². The first-order valence-corrected chi connectivity index (χ1v) is 8.37. The molecule has 0 bridgehead atoms. The van der Waals surface area contributed by atoms with Crippen LogP contribution in [0.2, 0.25) is 5.02 Å². The first-order chi connectivity index (χ1) is 13.0. The van der Waals surface area contributed by atoms with Gasteiger partial charge >= 0.3 is 0 Å². The quantitative estimate of drug-likeness (QED) is 0.674. The highest BCUT2D eigenvalue weighted by atomic mass is 35.5. The van der Waals surface area contributed by atoms with Crippen LogP contribution in [-0.4, -0.2) is 10.9 Å². The normalized spacial score (nSPS) is 10.1. The van der Waals surface area contributed by atoms with Crippen LogP contribution in [0.1, 0.15) is 21.5 Å². The zero-order chi connectivity index (χ0) is 19.2. The number of carbonyl (C=O) groups excluding carboxylic acids is 1. The van der Waals surface area contributed by atoms with Crippen molar-refractivity contribution in [2.45, 2.75) is 6.61 Å². The van der Waals surface area contributed by atoms with Crippen molar-refractivity contribution in [2.75, 3.05) is 5.32 Å². The Morgan fingerprint density at radius 2 is 2.00 bits per heavy atom. The Morgan fingerprint density at radius 3 is 2.67 bits per heavy atom. The van der Waals surface area contributed by atoms with Gasteiger partial charge in [-0.1, -0.05) is 23.7 Å². The molecule has 1 aromatic heterocycles. The van der Waals surface area contributed by atoms with E-state index in [1.165, 1.54) is 12.3 Å². The SMILES string of the molecule is N#Cc1cccc(COc2ccc(Nc3ncc(C(N)=O)cc3Cl)cc2)c1. The van der Waals surface area contributed by atoms with Gasteiger partial charge in [-0.3, -0.25) is 4.79 Å². The standard InChI is InChI=1S/C20H15ClN4O2/c21-18-9-15(19(23)26)11-24-20(18)25-16-4-6-17(7-5-16)27-12-14-3-1-2-13(8-14)10-22/h1-9,11H,12H2,(H2,23,26)(H,24,25). The van der Waals surface area contributed by atoms with Crippen molar-refractivity contribution >= 4 is 29.0 Å². The fourth-order valence-electron chi connectivity index (χ4n) is 2.33. The summed E-state index contributed by atoms with van der Waals surface area (Å²) in [4.78, 5) is 15.2. The molecule has 0 aliphatic rings. The van der Waals surface area contributed by atoms with E-state index >= 15 is 0 Å². The molecule has 0 spiro atoms. The van der Waals surface area contributed by atoms with Gasteiger partial charge in [0.2, 0.25) is 5.91 Å². The van der Waals surface area contributed by atoms with Gasteiger partial charge in [-0.05, 0) is 48.0 Å². The molecule has 3 rings (SSSR count). The number of hydrogen-bond acceptors (Lipinski definition) is 5. The van der Waals surface area contributed by atoms with E-state index in [2.05, 4.69) is 16.4 Å². The zero-order valence-corrected chi connectivity index (χ0v) is 14.9. The van der Waals surface area contributed by atoms with Crippen LogP contribution >= 0.6 is 11.6 Å². The molecule has 7 heteroatoms. The Balaban J connectivity index is 1.63. The number of primary amides is 1. The summed E-state index contributed by atoms with van der Waals surface area (Å²) in [7, 11) is 0. The summed E-state index contributed by atoms with van der Waals surface area (Å²) in [6.07, 6.45) is 1.36. The molecule has 1 amide bonds. The van der Waals surface area contributed by atoms with Crippen molar-refractivity contribution in [2.24, 2.45) is 5.73 Å². The third kappa shape index (κ3) is 4.75. The van der Waals surface area contributed by atoms with Gasteiger partial charge in [0.15, 0.2) is 0 Å². The lowest BCUT2D eigenvalue weighted by molar-refractivity contribution is 0.1000. The van der Waals surface area contributed by atoms with E-state index in [9.17, 15) is 4.79 Å². The van der Waals surface area contributed by atoms with E-state index < -0.39 is 5.91 Å². The molecule has 3 N–H and O–H groups in total. The third-order valence-electron chi connectivity index (χ3n) is 3.70. The summed E-state index contributed by atoms with van der Waals surface area (Å²) in [5, 5.41) is 12.3. The number of amides is 1. The maximum Gasteiger partial charge on any atom is 0.250 e. The molecule has 27 heavy (non-hydrogen) atoms. The number of anilines is 2. The molecule has 0 aliphatic carbocycles. The van der Waals surface area contributed by atoms with Gasteiger partial charge in [-0.2, -0.15) is 5.26 Å². The Morgan fingerprint density at radius 1 is 1.22 bits per heavy atom. The summed E-state index contributed by atoms with van der Waals surface area (Å²) in [6, 6.07) is 18.1. The number of nitrogens with zero attached hydrogens (tertiary/aromatic N) is 2. The molecule has 0 radical (unpaired) electrons. The molecule has 0 atom stereocenters. The molecule has 6 nitrogen and oxygen atoms in total. The fraction of sp³-hybridized carbons (Fsp3) is 0.0500. The lowest BCUT2D eigenvalue weighted by atomic mass is 10.1. The highest BCUT2D eigenvalue weighted by Gasteiger charge is 2.07. The van der Waals surface area contributed by atoms with Gasteiger partial charge in [0.1, 0.15) is 18.2 Å². The predicted octanol–water partition coefficient (Wildman–Crippen LogP) is 4.03. The molecule has 0 saturated heterocycles. The second-order valence-corrected chi connectivity index (χ2v) is 6.08. The predicted molar refractivity (Wildman–Crippen MR) is 103 cm³/mol. The molecule has 0 fully saturated rings. The van der Waals surface area contributed by atoms with Crippen molar-refractivity contribution in [1.29, 1.82) is 5.26 Å². The number of nitrogens with two attached hydrogens (primary N) is 1. The van der Waals surface area contributed by atoms with Gasteiger partial charge in [0.05, 0.1) is 22.2 Å². The minimum Gasteiger partial charge on any atom is -0.489 e. The monoisotopic (exact) mass is 378 g/mol. The Labute approximate surface area is 161 Å². The van der Waals surface area contributed by atoms with Gasteiger partial charge in [0, 0.05) is 11.9 Å². The Kier molecular flexibility index (Phi) is 5.55. The fourth-order valence-corrected chi connectivity index (χ4v) is 2.55. The molecule has 134 valence electrons. The maximum absolute atomic E-state index is 11.1. The van der Waals surface area contributed by atoms with Crippen LogP contribution < -0.4 is 15.8 Å². The number of aromatic nitrogens is 1. The third-order valence-corrected chi connectivity index (χ3v) is 3.99. The van der Waals surface area contributed by atoms with Crippen LogP contribution in [0.5, 0.6) is 5.75 Å². The molecule has 0 aliphatic heterocycles. The molecule has 3 aromatic rings. The van der Waals surface area contributed by atoms with Gasteiger partial charge in [-0.25, -0.2) is 4.98 Å². The topological polar surface area (TPSA) is 101 Å². The summed E-state index contributed by atoms with van der Waals surface area (Å²) in [5.41, 5.74) is 7.72. The molecule has 0 unspecified atom stereocenters. The van der Waals surface area contributed by atoms with Crippen LogP contribution in [0, 0.1) is 11.3 Å². The highest BCUT2D eigenvalue weighted by Crippen LogP contribution is 2.25. The summed E-state index contributed by atoms with van der Waals surface area (Å²) in [6.45, 7) is 0.365. The summed E-state index contributed by atoms with van der Waals surface area (Å²) >= 11 is 6.12. The number of pyridine rings is 1. The van der Waals surface area contributed by atoms with E-state index in [0.717, 1.165) is 11.3 Å². The van der Waals surface area contributed by atoms with Gasteiger partial charge in [-0.15, -0.1) is 0 Å². The first kappa shape index (κ1) is 18.2. The smallest absolute Gasteiger partial charge is 0.250 e. The van der Waals surface area contributed by atoms with E-state index in [1.54, 1.807) is 12.1 Å². The van der Waals surface area contributed by atoms with Crippen molar-refractivity contribution < 1.29 is 9.53 Å². The maximum atomic E-state index is 11.1. The molecular weight excluding hydrogens is 364 g/mol. The Bertz CT molecular complexity index is 1010. The van der Waals surface area contributed by atoms with Crippen LogP contribution in [-0.2, 0) is 6.61 Å². The average molecular weight is 379 g/mol. The highest BCUT2D eigenvalue weighted by molar-refractivity contribution is 6.33. The number of rotatable bonds is 6. The lowest BCUT2D eigenvalue weighted by Crippen LogP contribution is -2.11. The van der Waals surface area contributed by atoms with Crippen molar-refractivity contribution in [3.63, 3.8) is 0 Å². The number of hydrogen-bond donors (Lipinski definition) is 2. The van der Waals surface area contributed by atoms with Gasteiger partial charge < -0.3 is 15.8 Å². The first-order valence-electron chi connectivity index (χ1n) is 7.99. The number of nitriles is 1. The number of ether oxygens (including phenoxy) is 1. The summed E-state index contributed by atoms with van der Waals surface area (Å²) in [5.74, 6) is 0.521. The van der Waals surface area contributed by atoms with Crippen LogP contribution in [0.25, 0.3) is 0 Å². The number of carbonyl (C=O) groups is 1. The second-order valence-electron chi connectivity index (χ2n) is 5.67. The lowest BCUT2D eigenvalue weighted by Gasteiger charge is -2.10. The van der Waals surface area contributed by atoms with E-state index in [-0.39, 0.29) is 5.56 Å². The van der Waals surface area contributed by atoms with E-state index in [1.807, 2.05) is 36.4 Å². The minimum atomic E-state index is -0.585. The van der Waals surface area contributed by atoms with Gasteiger partial charge in [0.25, 0.3) is 0 Å². The van der Waals surface area contributed by atoms with Crippen LogP contribution in [0.15, 0.2) is 60.8 Å². The van der Waals surface area contributed by atoms with Crippen molar-refractivity contribution in [3.05, 3.63) is 82.5 Å². The average Bonchev–Trinajstić information content (AvgIpc) is 2.69. The molecular formula is C20H15ClN4O2. The molecule has 2 aromatic carbocycles. The van der Waals surface area contributed by atoms with Crippen LogP contribution in [0.4, 0.5) is 11.5 Å². The number of nitrogens with one attached hydrogen (secondary N) is 1. The zero-order valence-electron chi connectivity index (χ0n) is 14.1. The number of benzene rings is 2. The second kappa shape index (κ2) is 8.21. The van der Waals surface area contributed by atoms with Crippen LogP contribution in [0.3, 0.4) is 0 Å². The Hall–Kier alpha value is -3.56. The van der Waals surface area contributed by atoms with Crippen molar-refractivity contribution in [3.8, 4) is 11.8 Å². The minimum absolute atomic E-state index is 0.245. The molecule has 0 saturated carbocycles. The summed E-state index contributed by atoms with van der Waals surface area (Å²) < 4.78 is 5.73.